The van der Waals surface area contributed by atoms with Crippen LogP contribution in [0.5, 0.6) is 5.75 Å². The zero-order valence-electron chi connectivity index (χ0n) is 9.96. The van der Waals surface area contributed by atoms with Crippen LogP contribution in [0.2, 0.25) is 0 Å². The Labute approximate surface area is 95.8 Å². The van der Waals surface area contributed by atoms with Crippen molar-refractivity contribution in [2.75, 3.05) is 13.2 Å². The third-order valence-corrected chi connectivity index (χ3v) is 2.88. The van der Waals surface area contributed by atoms with E-state index in [1.165, 1.54) is 0 Å². The fourth-order valence-corrected chi connectivity index (χ4v) is 2.00. The van der Waals surface area contributed by atoms with Gasteiger partial charge in [0.15, 0.2) is 0 Å². The van der Waals surface area contributed by atoms with Gasteiger partial charge in [0.2, 0.25) is 0 Å². The topological polar surface area (TPSA) is 38.3 Å². The summed E-state index contributed by atoms with van der Waals surface area (Å²) >= 11 is 0. The molecule has 0 spiro atoms. The summed E-state index contributed by atoms with van der Waals surface area (Å²) in [6.45, 7) is 7.28. The molecule has 1 heterocycles. The zero-order chi connectivity index (χ0) is 11.7. The molecule has 1 aromatic carbocycles. The number of carbonyl (C=O) groups is 1. The molecule has 0 saturated carbocycles. The minimum atomic E-state index is -0.0208. The molecule has 2 rings (SSSR count). The number of nitrogens with one attached hydrogen (secondary N) is 1. The summed E-state index contributed by atoms with van der Waals surface area (Å²) in [4.78, 5) is 11.9. The van der Waals surface area contributed by atoms with E-state index in [2.05, 4.69) is 25.2 Å². The van der Waals surface area contributed by atoms with Crippen LogP contribution < -0.4 is 10.1 Å². The third-order valence-electron chi connectivity index (χ3n) is 2.88. The van der Waals surface area contributed by atoms with Gasteiger partial charge in [-0.15, -0.1) is 0 Å². The highest BCUT2D eigenvalue weighted by Gasteiger charge is 2.22. The molecule has 0 fully saturated rings. The number of amides is 1. The van der Waals surface area contributed by atoms with Crippen molar-refractivity contribution in [2.24, 2.45) is 0 Å². The van der Waals surface area contributed by atoms with Gasteiger partial charge in [0.05, 0.1) is 12.1 Å². The first-order valence-corrected chi connectivity index (χ1v) is 5.65. The molecular formula is C13H17NO2. The number of ether oxygens (including phenoxy) is 1. The SMILES string of the molecule is Cc1ccc(C(C)C)c2c1C(=O)NCCO2. The fraction of sp³-hybridized carbons (Fsp3) is 0.462. The van der Waals surface area contributed by atoms with Crippen LogP contribution in [0.1, 0.15) is 41.3 Å². The van der Waals surface area contributed by atoms with Crippen molar-refractivity contribution < 1.29 is 9.53 Å². The molecule has 3 heteroatoms. The maximum Gasteiger partial charge on any atom is 0.255 e. The van der Waals surface area contributed by atoms with Crippen molar-refractivity contribution in [3.8, 4) is 5.75 Å². The average molecular weight is 219 g/mol. The van der Waals surface area contributed by atoms with Gasteiger partial charge in [-0.25, -0.2) is 0 Å². The van der Waals surface area contributed by atoms with Crippen LogP contribution in [-0.2, 0) is 0 Å². The van der Waals surface area contributed by atoms with Gasteiger partial charge in [0.25, 0.3) is 5.91 Å². The summed E-state index contributed by atoms with van der Waals surface area (Å²) in [6.07, 6.45) is 0. The Balaban J connectivity index is 2.62. The highest BCUT2D eigenvalue weighted by atomic mass is 16.5. The van der Waals surface area contributed by atoms with E-state index in [1.807, 2.05) is 13.0 Å². The van der Waals surface area contributed by atoms with E-state index < -0.39 is 0 Å². The monoisotopic (exact) mass is 219 g/mol. The predicted molar refractivity (Wildman–Crippen MR) is 63.1 cm³/mol. The maximum absolute atomic E-state index is 11.9. The molecule has 1 aromatic rings. The Bertz CT molecular complexity index is 424. The van der Waals surface area contributed by atoms with Crippen molar-refractivity contribution in [3.63, 3.8) is 0 Å². The molecule has 0 bridgehead atoms. The van der Waals surface area contributed by atoms with Crippen LogP contribution in [0.25, 0.3) is 0 Å². The first-order chi connectivity index (χ1) is 7.61. The minimum absolute atomic E-state index is 0.0208. The number of rotatable bonds is 1. The second-order valence-electron chi connectivity index (χ2n) is 4.43. The lowest BCUT2D eigenvalue weighted by Gasteiger charge is -2.16. The Morgan fingerprint density at radius 3 is 2.81 bits per heavy atom. The molecule has 3 nitrogen and oxygen atoms in total. The van der Waals surface area contributed by atoms with E-state index in [9.17, 15) is 4.79 Å². The molecule has 1 aliphatic rings. The molecule has 1 amide bonds. The number of hydrogen-bond donors (Lipinski definition) is 1. The van der Waals surface area contributed by atoms with Gasteiger partial charge in [-0.05, 0) is 24.0 Å². The number of hydrogen-bond acceptors (Lipinski definition) is 2. The van der Waals surface area contributed by atoms with Crippen LogP contribution >= 0.6 is 0 Å². The quantitative estimate of drug-likeness (QED) is 0.786. The molecule has 1 N–H and O–H groups in total. The van der Waals surface area contributed by atoms with Crippen molar-refractivity contribution in [3.05, 3.63) is 28.8 Å². The van der Waals surface area contributed by atoms with Crippen LogP contribution in [0.15, 0.2) is 12.1 Å². The van der Waals surface area contributed by atoms with E-state index in [0.717, 1.165) is 16.9 Å². The smallest absolute Gasteiger partial charge is 0.255 e. The van der Waals surface area contributed by atoms with Crippen molar-refractivity contribution in [1.82, 2.24) is 5.32 Å². The predicted octanol–water partition coefficient (Wildman–Crippen LogP) is 2.24. The van der Waals surface area contributed by atoms with E-state index in [4.69, 9.17) is 4.74 Å². The standard InChI is InChI=1S/C13H17NO2/c1-8(2)10-5-4-9(3)11-12(10)16-7-6-14-13(11)15/h4-5,8H,6-7H2,1-3H3,(H,14,15). The Morgan fingerprint density at radius 1 is 1.38 bits per heavy atom. The first kappa shape index (κ1) is 11.0. The lowest BCUT2D eigenvalue weighted by atomic mass is 9.95. The van der Waals surface area contributed by atoms with Crippen LogP contribution in [0, 0.1) is 6.92 Å². The van der Waals surface area contributed by atoms with Gasteiger partial charge < -0.3 is 10.1 Å². The Kier molecular flexibility index (Phi) is 2.86. The van der Waals surface area contributed by atoms with E-state index in [1.54, 1.807) is 0 Å². The van der Waals surface area contributed by atoms with Gasteiger partial charge in [-0.3, -0.25) is 4.79 Å². The Hall–Kier alpha value is -1.51. The summed E-state index contributed by atoms with van der Waals surface area (Å²) in [6, 6.07) is 4.04. The molecule has 86 valence electrons. The van der Waals surface area contributed by atoms with Crippen LogP contribution in [-0.4, -0.2) is 19.1 Å². The van der Waals surface area contributed by atoms with Crippen LogP contribution in [0.3, 0.4) is 0 Å². The number of benzene rings is 1. The normalized spacial score (nSPS) is 15.1. The summed E-state index contributed by atoms with van der Waals surface area (Å²) in [7, 11) is 0. The maximum atomic E-state index is 11.9. The fourth-order valence-electron chi connectivity index (χ4n) is 2.00. The number of carbonyl (C=O) groups excluding carboxylic acids is 1. The molecule has 16 heavy (non-hydrogen) atoms. The molecule has 0 atom stereocenters. The highest BCUT2D eigenvalue weighted by molar-refractivity contribution is 5.99. The molecule has 0 aliphatic carbocycles. The molecule has 1 aliphatic heterocycles. The second-order valence-corrected chi connectivity index (χ2v) is 4.43. The van der Waals surface area contributed by atoms with E-state index in [0.29, 0.717) is 24.6 Å². The van der Waals surface area contributed by atoms with Gasteiger partial charge in [0, 0.05) is 0 Å². The molecule has 0 saturated heterocycles. The molecule has 0 aromatic heterocycles. The van der Waals surface area contributed by atoms with Crippen LogP contribution in [0.4, 0.5) is 0 Å². The second kappa shape index (κ2) is 4.16. The van der Waals surface area contributed by atoms with Gasteiger partial charge in [-0.1, -0.05) is 26.0 Å². The van der Waals surface area contributed by atoms with Crippen molar-refractivity contribution >= 4 is 5.91 Å². The van der Waals surface area contributed by atoms with E-state index in [-0.39, 0.29) is 5.91 Å². The molecule has 0 radical (unpaired) electrons. The molecule has 0 unspecified atom stereocenters. The van der Waals surface area contributed by atoms with Crippen molar-refractivity contribution in [2.45, 2.75) is 26.7 Å². The number of fused-ring (bicyclic) bond motifs is 1. The summed E-state index contributed by atoms with van der Waals surface area (Å²) < 4.78 is 5.71. The lowest BCUT2D eigenvalue weighted by molar-refractivity contribution is 0.0956. The lowest BCUT2D eigenvalue weighted by Crippen LogP contribution is -2.24. The minimum Gasteiger partial charge on any atom is -0.491 e. The summed E-state index contributed by atoms with van der Waals surface area (Å²) in [5.74, 6) is 1.11. The molecular weight excluding hydrogens is 202 g/mol. The van der Waals surface area contributed by atoms with Gasteiger partial charge in [-0.2, -0.15) is 0 Å². The third kappa shape index (κ3) is 1.77. The largest absolute Gasteiger partial charge is 0.491 e. The number of aryl methyl sites for hydroxylation is 1. The Morgan fingerprint density at radius 2 is 2.12 bits per heavy atom. The highest BCUT2D eigenvalue weighted by Crippen LogP contribution is 2.33. The first-order valence-electron chi connectivity index (χ1n) is 5.65. The summed E-state index contributed by atoms with van der Waals surface area (Å²) in [5.41, 5.74) is 2.78. The zero-order valence-corrected chi connectivity index (χ0v) is 9.96. The van der Waals surface area contributed by atoms with Crippen molar-refractivity contribution in [1.29, 1.82) is 0 Å². The van der Waals surface area contributed by atoms with Gasteiger partial charge in [0.1, 0.15) is 12.4 Å². The van der Waals surface area contributed by atoms with E-state index >= 15 is 0 Å². The summed E-state index contributed by atoms with van der Waals surface area (Å²) in [5, 5.41) is 2.84. The van der Waals surface area contributed by atoms with Gasteiger partial charge >= 0.3 is 0 Å². The average Bonchev–Trinajstić information content (AvgIpc) is 2.41.